The molecule has 0 spiro atoms. The maximum atomic E-state index is 13.7. The second kappa shape index (κ2) is 4.85. The Morgan fingerprint density at radius 3 is 2.71 bits per heavy atom. The van der Waals surface area contributed by atoms with Gasteiger partial charge in [0.15, 0.2) is 23.3 Å². The normalized spacial score (nSPS) is 15.0. The van der Waals surface area contributed by atoms with Gasteiger partial charge in [0.05, 0.1) is 0 Å². The van der Waals surface area contributed by atoms with Gasteiger partial charge in [0.25, 0.3) is 0 Å². The first-order valence-electron chi connectivity index (χ1n) is 5.98. The van der Waals surface area contributed by atoms with Gasteiger partial charge in [-0.15, -0.1) is 0 Å². The Bertz CT molecular complexity index is 405. The van der Waals surface area contributed by atoms with E-state index in [-0.39, 0.29) is 11.6 Å². The van der Waals surface area contributed by atoms with Gasteiger partial charge in [-0.2, -0.15) is 0 Å². The zero-order valence-electron chi connectivity index (χ0n) is 9.92. The predicted molar refractivity (Wildman–Crippen MR) is 63.8 cm³/mol. The van der Waals surface area contributed by atoms with Crippen molar-refractivity contribution in [2.24, 2.45) is 5.92 Å². The number of nitrogens with two attached hydrogens (primary N) is 1. The van der Waals surface area contributed by atoms with Crippen LogP contribution in [-0.2, 0) is 0 Å². The molecule has 1 heterocycles. The molecule has 1 aromatic rings. The molecule has 17 heavy (non-hydrogen) atoms. The summed E-state index contributed by atoms with van der Waals surface area (Å²) >= 11 is 0. The zero-order chi connectivity index (χ0) is 12.4. The molecule has 0 unspecified atom stereocenters. The number of rotatable bonds is 5. The van der Waals surface area contributed by atoms with Crippen LogP contribution in [0.3, 0.4) is 0 Å². The Hall–Kier alpha value is -1.39. The fourth-order valence-corrected chi connectivity index (χ4v) is 1.86. The lowest BCUT2D eigenvalue weighted by molar-refractivity contribution is 0.566. The minimum absolute atomic E-state index is 0.178. The van der Waals surface area contributed by atoms with E-state index in [0.717, 1.165) is 19.0 Å². The molecule has 0 atom stereocenters. The van der Waals surface area contributed by atoms with E-state index >= 15 is 0 Å². The van der Waals surface area contributed by atoms with Crippen molar-refractivity contribution in [3.63, 3.8) is 0 Å². The highest BCUT2D eigenvalue weighted by Crippen LogP contribution is 2.32. The summed E-state index contributed by atoms with van der Waals surface area (Å²) in [5.74, 6) is -0.870. The van der Waals surface area contributed by atoms with Crippen molar-refractivity contribution in [1.29, 1.82) is 0 Å². The lowest BCUT2D eigenvalue weighted by Gasteiger charge is -2.23. The summed E-state index contributed by atoms with van der Waals surface area (Å²) in [6.07, 6.45) is 3.25. The van der Waals surface area contributed by atoms with E-state index in [1.54, 1.807) is 0 Å². The molecule has 2 N–H and O–H groups in total. The van der Waals surface area contributed by atoms with Gasteiger partial charge >= 0.3 is 0 Å². The Balaban J connectivity index is 2.23. The molecule has 0 bridgehead atoms. The van der Waals surface area contributed by atoms with Crippen molar-refractivity contribution >= 4 is 11.6 Å². The Labute approximate surface area is 99.6 Å². The number of aromatic nitrogens is 1. The molecule has 3 nitrogen and oxygen atoms in total. The number of anilines is 2. The molecule has 0 aromatic carbocycles. The van der Waals surface area contributed by atoms with Crippen molar-refractivity contribution in [2.75, 3.05) is 23.7 Å². The minimum Gasteiger partial charge on any atom is -0.381 e. The predicted octanol–water partition coefficient (Wildman–Crippen LogP) is 2.57. The van der Waals surface area contributed by atoms with Gasteiger partial charge in [-0.25, -0.2) is 13.8 Å². The van der Waals surface area contributed by atoms with E-state index < -0.39 is 11.6 Å². The van der Waals surface area contributed by atoms with Crippen LogP contribution in [0.5, 0.6) is 0 Å². The zero-order valence-corrected chi connectivity index (χ0v) is 9.92. The van der Waals surface area contributed by atoms with Crippen LogP contribution in [0.25, 0.3) is 0 Å². The van der Waals surface area contributed by atoms with Gasteiger partial charge in [-0.1, -0.05) is 6.92 Å². The van der Waals surface area contributed by atoms with Gasteiger partial charge in [-0.3, -0.25) is 0 Å². The van der Waals surface area contributed by atoms with Crippen LogP contribution < -0.4 is 10.6 Å². The van der Waals surface area contributed by atoms with E-state index in [9.17, 15) is 8.78 Å². The SMILES string of the molecule is CCCN(CC1CC1)c1nc(N)c(F)cc1F. The molecule has 2 rings (SSSR count). The number of pyridine rings is 1. The molecular formula is C12H17F2N3. The molecule has 1 fully saturated rings. The molecule has 1 aliphatic rings. The monoisotopic (exact) mass is 241 g/mol. The fraction of sp³-hybridized carbons (Fsp3) is 0.583. The van der Waals surface area contributed by atoms with Gasteiger partial charge in [-0.05, 0) is 25.2 Å². The highest BCUT2D eigenvalue weighted by molar-refractivity contribution is 5.47. The summed E-state index contributed by atoms with van der Waals surface area (Å²) in [7, 11) is 0. The summed E-state index contributed by atoms with van der Waals surface area (Å²) in [5, 5.41) is 0. The molecule has 0 aliphatic heterocycles. The molecule has 5 heteroatoms. The maximum absolute atomic E-state index is 13.7. The van der Waals surface area contributed by atoms with Crippen molar-refractivity contribution in [3.8, 4) is 0 Å². The van der Waals surface area contributed by atoms with Gasteiger partial charge in [0.1, 0.15) is 0 Å². The summed E-state index contributed by atoms with van der Waals surface area (Å²) in [5.41, 5.74) is 5.39. The standard InChI is InChI=1S/C12H17F2N3/c1-2-5-17(7-8-3-4-8)12-10(14)6-9(13)11(15)16-12/h6,8H,2-5,7H2,1H3,(H2,15,16). The number of hydrogen-bond donors (Lipinski definition) is 1. The lowest BCUT2D eigenvalue weighted by atomic mass is 10.3. The third kappa shape index (κ3) is 2.84. The first-order valence-corrected chi connectivity index (χ1v) is 5.98. The number of hydrogen-bond acceptors (Lipinski definition) is 3. The Kier molecular flexibility index (Phi) is 3.45. The number of halogens is 2. The van der Waals surface area contributed by atoms with Crippen LogP contribution in [0.2, 0.25) is 0 Å². The summed E-state index contributed by atoms with van der Waals surface area (Å²) in [4.78, 5) is 5.69. The fourth-order valence-electron chi connectivity index (χ4n) is 1.86. The van der Waals surface area contributed by atoms with Crippen LogP contribution in [0.1, 0.15) is 26.2 Å². The van der Waals surface area contributed by atoms with Crippen LogP contribution in [0, 0.1) is 17.6 Å². The number of nitrogen functional groups attached to an aromatic ring is 1. The van der Waals surface area contributed by atoms with E-state index in [0.29, 0.717) is 12.5 Å². The molecule has 1 saturated carbocycles. The minimum atomic E-state index is -0.797. The topological polar surface area (TPSA) is 42.2 Å². The maximum Gasteiger partial charge on any atom is 0.168 e. The first kappa shape index (κ1) is 12.1. The number of nitrogens with zero attached hydrogens (tertiary/aromatic N) is 2. The summed E-state index contributed by atoms with van der Waals surface area (Å²) < 4.78 is 26.7. The third-order valence-corrected chi connectivity index (χ3v) is 2.91. The van der Waals surface area contributed by atoms with Gasteiger partial charge < -0.3 is 10.6 Å². The molecule has 1 aliphatic carbocycles. The summed E-state index contributed by atoms with van der Waals surface area (Å²) in [6.45, 7) is 3.51. The van der Waals surface area contributed by atoms with Crippen LogP contribution >= 0.6 is 0 Å². The second-order valence-electron chi connectivity index (χ2n) is 4.55. The van der Waals surface area contributed by atoms with Crippen molar-refractivity contribution in [3.05, 3.63) is 17.7 Å². The average molecular weight is 241 g/mol. The molecule has 0 saturated heterocycles. The Morgan fingerprint density at radius 2 is 2.12 bits per heavy atom. The molecule has 1 aromatic heterocycles. The Morgan fingerprint density at radius 1 is 1.41 bits per heavy atom. The largest absolute Gasteiger partial charge is 0.381 e. The quantitative estimate of drug-likeness (QED) is 0.861. The van der Waals surface area contributed by atoms with Crippen LogP contribution in [-0.4, -0.2) is 18.1 Å². The van der Waals surface area contributed by atoms with Gasteiger partial charge in [0, 0.05) is 19.2 Å². The highest BCUT2D eigenvalue weighted by Gasteiger charge is 2.26. The first-order chi connectivity index (χ1) is 8.11. The van der Waals surface area contributed by atoms with E-state index in [4.69, 9.17) is 5.73 Å². The molecular weight excluding hydrogens is 224 g/mol. The van der Waals surface area contributed by atoms with E-state index in [2.05, 4.69) is 4.98 Å². The van der Waals surface area contributed by atoms with E-state index in [1.165, 1.54) is 12.8 Å². The highest BCUT2D eigenvalue weighted by atomic mass is 19.1. The van der Waals surface area contributed by atoms with Crippen molar-refractivity contribution in [1.82, 2.24) is 4.98 Å². The van der Waals surface area contributed by atoms with Crippen molar-refractivity contribution in [2.45, 2.75) is 26.2 Å². The van der Waals surface area contributed by atoms with E-state index in [1.807, 2.05) is 11.8 Å². The van der Waals surface area contributed by atoms with Crippen molar-refractivity contribution < 1.29 is 8.78 Å². The lowest BCUT2D eigenvalue weighted by Crippen LogP contribution is -2.28. The smallest absolute Gasteiger partial charge is 0.168 e. The molecule has 0 radical (unpaired) electrons. The molecule has 94 valence electrons. The van der Waals surface area contributed by atoms with Crippen LogP contribution in [0.15, 0.2) is 6.07 Å². The molecule has 0 amide bonds. The van der Waals surface area contributed by atoms with Crippen LogP contribution in [0.4, 0.5) is 20.4 Å². The third-order valence-electron chi connectivity index (χ3n) is 2.91. The van der Waals surface area contributed by atoms with Gasteiger partial charge in [0.2, 0.25) is 0 Å². The summed E-state index contributed by atoms with van der Waals surface area (Å²) in [6, 6.07) is 0.813. The average Bonchev–Trinajstić information content (AvgIpc) is 3.07. The second-order valence-corrected chi connectivity index (χ2v) is 4.55.